The largest absolute Gasteiger partial charge is 0.456 e. The van der Waals surface area contributed by atoms with Gasteiger partial charge in [-0.25, -0.2) is 0 Å². The van der Waals surface area contributed by atoms with E-state index in [0.29, 0.717) is 35.9 Å². The molecule has 0 aromatic heterocycles. The summed E-state index contributed by atoms with van der Waals surface area (Å²) >= 11 is 0. The summed E-state index contributed by atoms with van der Waals surface area (Å²) in [6.45, 7) is 0.522. The van der Waals surface area contributed by atoms with E-state index in [1.165, 1.54) is 0 Å². The molecule has 1 unspecified atom stereocenters. The molecule has 3 aromatic rings. The van der Waals surface area contributed by atoms with Crippen LogP contribution in [0.5, 0.6) is 11.5 Å². The summed E-state index contributed by atoms with van der Waals surface area (Å²) in [4.78, 5) is 10.8. The number of fused-ring (bicyclic) bond motifs is 6. The van der Waals surface area contributed by atoms with Crippen molar-refractivity contribution in [1.29, 1.82) is 0 Å². The van der Waals surface area contributed by atoms with Gasteiger partial charge in [-0.05, 0) is 35.4 Å². The number of nitrogen functional groups attached to an aromatic ring is 1. The van der Waals surface area contributed by atoms with Crippen molar-refractivity contribution in [3.05, 3.63) is 82.9 Å². The van der Waals surface area contributed by atoms with Crippen LogP contribution < -0.4 is 15.8 Å². The number of nitrogens with one attached hydrogen (secondary N) is 1. The Bertz CT molecular complexity index is 1050. The normalized spacial score (nSPS) is 19.2. The first-order chi connectivity index (χ1) is 12.7. The molecular formula is C21H16N2O3. The van der Waals surface area contributed by atoms with Crippen LogP contribution in [0.1, 0.15) is 22.3 Å². The minimum Gasteiger partial charge on any atom is -0.456 e. The molecule has 0 bridgehead atoms. The lowest BCUT2D eigenvalue weighted by Gasteiger charge is -2.37. The van der Waals surface area contributed by atoms with Gasteiger partial charge in [-0.1, -0.05) is 24.3 Å². The molecule has 5 heteroatoms. The lowest BCUT2D eigenvalue weighted by atomic mass is 9.77. The van der Waals surface area contributed by atoms with E-state index in [-0.39, 0.29) is 0 Å². The van der Waals surface area contributed by atoms with Gasteiger partial charge in [0.05, 0.1) is 6.61 Å². The lowest BCUT2D eigenvalue weighted by Crippen LogP contribution is -2.32. The van der Waals surface area contributed by atoms with Crippen molar-refractivity contribution in [2.24, 2.45) is 0 Å². The molecular weight excluding hydrogens is 328 g/mol. The van der Waals surface area contributed by atoms with Gasteiger partial charge in [-0.2, -0.15) is 0 Å². The van der Waals surface area contributed by atoms with Gasteiger partial charge in [0.25, 0.3) is 0 Å². The number of carbonyl (C=O) groups excluding carboxylic acids is 1. The second kappa shape index (κ2) is 5.34. The van der Waals surface area contributed by atoms with Gasteiger partial charge in [0.1, 0.15) is 11.5 Å². The van der Waals surface area contributed by atoms with E-state index in [2.05, 4.69) is 17.4 Å². The van der Waals surface area contributed by atoms with Crippen LogP contribution in [0.3, 0.4) is 0 Å². The number of rotatable bonds is 2. The van der Waals surface area contributed by atoms with Gasteiger partial charge in [0.2, 0.25) is 6.41 Å². The molecule has 0 saturated carbocycles. The van der Waals surface area contributed by atoms with Crippen molar-refractivity contribution in [2.75, 3.05) is 11.1 Å². The van der Waals surface area contributed by atoms with E-state index >= 15 is 0 Å². The number of ether oxygens (including phenoxy) is 2. The fraction of sp³-hybridized carbons (Fsp3) is 0.0952. The van der Waals surface area contributed by atoms with Crippen molar-refractivity contribution >= 4 is 17.8 Å². The van der Waals surface area contributed by atoms with E-state index in [9.17, 15) is 4.79 Å². The van der Waals surface area contributed by atoms with Crippen LogP contribution in [0.4, 0.5) is 11.4 Å². The highest BCUT2D eigenvalue weighted by molar-refractivity contribution is 5.74. The Kier molecular flexibility index (Phi) is 3.08. The highest BCUT2D eigenvalue weighted by atomic mass is 16.5. The molecule has 2 aliphatic rings. The van der Waals surface area contributed by atoms with Gasteiger partial charge in [0, 0.05) is 34.6 Å². The van der Waals surface area contributed by atoms with Crippen LogP contribution in [0.25, 0.3) is 0 Å². The molecule has 5 rings (SSSR count). The van der Waals surface area contributed by atoms with Gasteiger partial charge in [0.15, 0.2) is 5.60 Å². The van der Waals surface area contributed by atoms with Crippen LogP contribution in [0, 0.1) is 0 Å². The summed E-state index contributed by atoms with van der Waals surface area (Å²) in [6.07, 6.45) is 0.646. The van der Waals surface area contributed by atoms with Gasteiger partial charge >= 0.3 is 0 Å². The average molecular weight is 344 g/mol. The van der Waals surface area contributed by atoms with Crippen molar-refractivity contribution in [2.45, 2.75) is 12.2 Å². The molecule has 0 radical (unpaired) electrons. The third-order valence-corrected chi connectivity index (χ3v) is 5.03. The molecule has 128 valence electrons. The number of carbonyl (C=O) groups is 1. The summed E-state index contributed by atoms with van der Waals surface area (Å²) in [5, 5.41) is 2.67. The summed E-state index contributed by atoms with van der Waals surface area (Å²) < 4.78 is 12.6. The number of anilines is 2. The van der Waals surface area contributed by atoms with E-state index < -0.39 is 5.60 Å². The molecule has 2 aliphatic heterocycles. The number of nitrogens with two attached hydrogens (primary N) is 1. The van der Waals surface area contributed by atoms with Crippen LogP contribution in [-0.2, 0) is 21.7 Å². The fourth-order valence-electron chi connectivity index (χ4n) is 3.93. The van der Waals surface area contributed by atoms with E-state index in [1.807, 2.05) is 48.5 Å². The summed E-state index contributed by atoms with van der Waals surface area (Å²) in [5.74, 6) is 1.31. The Labute approximate surface area is 150 Å². The predicted molar refractivity (Wildman–Crippen MR) is 98.2 cm³/mol. The standard InChI is InChI=1S/C21H16N2O3/c22-14-5-7-17-19(9-14)26-20-10-15(23-12-24)6-8-18(20)21(17)16-4-2-1-3-13(16)11-25-21/h1-10,12H,11,22H2,(H,23,24). The molecule has 1 atom stereocenters. The molecule has 5 nitrogen and oxygen atoms in total. The quantitative estimate of drug-likeness (QED) is 0.548. The molecule has 2 heterocycles. The Morgan fingerprint density at radius 1 is 0.962 bits per heavy atom. The van der Waals surface area contributed by atoms with E-state index in [1.54, 1.807) is 0 Å². The molecule has 3 aromatic carbocycles. The first-order valence-electron chi connectivity index (χ1n) is 8.37. The van der Waals surface area contributed by atoms with Crippen molar-refractivity contribution in [1.82, 2.24) is 0 Å². The Morgan fingerprint density at radius 2 is 1.73 bits per heavy atom. The second-order valence-electron chi connectivity index (χ2n) is 6.46. The lowest BCUT2D eigenvalue weighted by molar-refractivity contribution is -0.105. The highest BCUT2D eigenvalue weighted by Crippen LogP contribution is 2.56. The predicted octanol–water partition coefficient (Wildman–Crippen LogP) is 3.76. The maximum atomic E-state index is 10.8. The molecule has 0 saturated heterocycles. The van der Waals surface area contributed by atoms with Crippen molar-refractivity contribution in [3.8, 4) is 11.5 Å². The number of hydrogen-bond donors (Lipinski definition) is 2. The zero-order valence-corrected chi connectivity index (χ0v) is 13.9. The minimum absolute atomic E-state index is 0.522. The molecule has 3 N–H and O–H groups in total. The zero-order chi connectivity index (χ0) is 17.7. The first kappa shape index (κ1) is 15.0. The van der Waals surface area contributed by atoms with Crippen molar-refractivity contribution in [3.63, 3.8) is 0 Å². The summed E-state index contributed by atoms with van der Waals surface area (Å²) in [5.41, 5.74) is 10.6. The molecule has 1 spiro atoms. The molecule has 0 aliphatic carbocycles. The zero-order valence-electron chi connectivity index (χ0n) is 13.9. The van der Waals surface area contributed by atoms with Gasteiger partial charge in [-0.15, -0.1) is 0 Å². The minimum atomic E-state index is -0.743. The SMILES string of the molecule is Nc1ccc2c(c1)Oc1cc(NC=O)ccc1C21OCc2ccccc21. The smallest absolute Gasteiger partial charge is 0.211 e. The average Bonchev–Trinajstić information content (AvgIpc) is 3.02. The molecule has 0 fully saturated rings. The van der Waals surface area contributed by atoms with Crippen LogP contribution in [-0.4, -0.2) is 6.41 Å². The fourth-order valence-corrected chi connectivity index (χ4v) is 3.93. The topological polar surface area (TPSA) is 73.6 Å². The number of benzene rings is 3. The van der Waals surface area contributed by atoms with Crippen LogP contribution in [0.2, 0.25) is 0 Å². The third kappa shape index (κ3) is 1.92. The Balaban J connectivity index is 1.82. The Hall–Kier alpha value is -3.31. The summed E-state index contributed by atoms with van der Waals surface area (Å²) in [6, 6.07) is 19.5. The van der Waals surface area contributed by atoms with Crippen molar-refractivity contribution < 1.29 is 14.3 Å². The van der Waals surface area contributed by atoms with E-state index in [4.69, 9.17) is 15.2 Å². The maximum absolute atomic E-state index is 10.8. The second-order valence-corrected chi connectivity index (χ2v) is 6.46. The van der Waals surface area contributed by atoms with E-state index in [0.717, 1.165) is 22.3 Å². The molecule has 26 heavy (non-hydrogen) atoms. The first-order valence-corrected chi connectivity index (χ1v) is 8.37. The maximum Gasteiger partial charge on any atom is 0.211 e. The monoisotopic (exact) mass is 344 g/mol. The third-order valence-electron chi connectivity index (χ3n) is 5.03. The summed E-state index contributed by atoms with van der Waals surface area (Å²) in [7, 11) is 0. The number of hydrogen-bond acceptors (Lipinski definition) is 4. The van der Waals surface area contributed by atoms with Gasteiger partial charge in [-0.3, -0.25) is 4.79 Å². The molecule has 1 amide bonds. The highest BCUT2D eigenvalue weighted by Gasteiger charge is 2.49. The number of amides is 1. The van der Waals surface area contributed by atoms with Gasteiger partial charge < -0.3 is 20.5 Å². The van der Waals surface area contributed by atoms with Crippen LogP contribution in [0.15, 0.2) is 60.7 Å². The van der Waals surface area contributed by atoms with Crippen LogP contribution >= 0.6 is 0 Å². The Morgan fingerprint density at radius 3 is 2.58 bits per heavy atom.